The molecule has 17 heavy (non-hydrogen) atoms. The third-order valence-corrected chi connectivity index (χ3v) is 4.27. The zero-order valence-electron chi connectivity index (χ0n) is 11.8. The molecule has 3 atom stereocenters. The summed E-state index contributed by atoms with van der Waals surface area (Å²) in [5.74, 6) is 1.78. The van der Waals surface area contributed by atoms with Gasteiger partial charge in [0.1, 0.15) is 0 Å². The van der Waals surface area contributed by atoms with Gasteiger partial charge in [0.2, 0.25) is 0 Å². The van der Waals surface area contributed by atoms with E-state index in [9.17, 15) is 0 Å². The summed E-state index contributed by atoms with van der Waals surface area (Å²) in [5.41, 5.74) is 0. The van der Waals surface area contributed by atoms with Crippen molar-refractivity contribution in [2.24, 2.45) is 11.8 Å². The van der Waals surface area contributed by atoms with Crippen LogP contribution in [0.25, 0.3) is 0 Å². The van der Waals surface area contributed by atoms with Crippen LogP contribution in [0, 0.1) is 11.8 Å². The summed E-state index contributed by atoms with van der Waals surface area (Å²) in [5, 5.41) is 12.7. The van der Waals surface area contributed by atoms with Crippen LogP contribution in [-0.4, -0.2) is 24.3 Å². The summed E-state index contributed by atoms with van der Waals surface area (Å²) in [6.45, 7) is 6.12. The Balaban J connectivity index is 2.49. The molecule has 0 spiro atoms. The zero-order chi connectivity index (χ0) is 12.5. The summed E-state index contributed by atoms with van der Waals surface area (Å²) in [4.78, 5) is 0. The van der Waals surface area contributed by atoms with Crippen molar-refractivity contribution in [3.63, 3.8) is 0 Å². The average molecular weight is 241 g/mol. The standard InChI is InChI=1S/C15H31NO/c1-3-5-8-13-10-11-16-15(9-6-12-17)14(13)7-4-2/h13-17H,3-12H2,1-2H3/t13-,14+,15-/m0/s1. The molecule has 0 saturated carbocycles. The molecule has 102 valence electrons. The Hall–Kier alpha value is -0.0800. The van der Waals surface area contributed by atoms with E-state index in [-0.39, 0.29) is 0 Å². The van der Waals surface area contributed by atoms with E-state index in [1.54, 1.807) is 0 Å². The summed E-state index contributed by atoms with van der Waals surface area (Å²) < 4.78 is 0. The van der Waals surface area contributed by atoms with Crippen LogP contribution >= 0.6 is 0 Å². The van der Waals surface area contributed by atoms with E-state index in [1.807, 2.05) is 0 Å². The fraction of sp³-hybridized carbons (Fsp3) is 1.00. The van der Waals surface area contributed by atoms with Crippen molar-refractivity contribution >= 4 is 0 Å². The highest BCUT2D eigenvalue weighted by Gasteiger charge is 2.31. The molecule has 0 aromatic heterocycles. The van der Waals surface area contributed by atoms with Gasteiger partial charge in [0, 0.05) is 12.6 Å². The second kappa shape index (κ2) is 8.93. The first-order valence-corrected chi connectivity index (χ1v) is 7.67. The molecule has 1 saturated heterocycles. The lowest BCUT2D eigenvalue weighted by atomic mass is 9.74. The van der Waals surface area contributed by atoms with E-state index in [0.29, 0.717) is 12.6 Å². The third kappa shape index (κ3) is 4.97. The number of unbranched alkanes of at least 4 members (excludes halogenated alkanes) is 1. The van der Waals surface area contributed by atoms with Crippen molar-refractivity contribution in [1.29, 1.82) is 0 Å². The Kier molecular flexibility index (Phi) is 7.87. The lowest BCUT2D eigenvalue weighted by molar-refractivity contribution is 0.148. The molecule has 1 aliphatic heterocycles. The Bertz CT molecular complexity index is 168. The number of rotatable bonds is 8. The first-order valence-electron chi connectivity index (χ1n) is 7.67. The number of hydrogen-bond donors (Lipinski definition) is 2. The van der Waals surface area contributed by atoms with Crippen LogP contribution in [0.2, 0.25) is 0 Å². The second-order valence-electron chi connectivity index (χ2n) is 5.57. The molecule has 0 aromatic carbocycles. The largest absolute Gasteiger partial charge is 0.396 e. The molecule has 2 N–H and O–H groups in total. The maximum Gasteiger partial charge on any atom is 0.0431 e. The molecular formula is C15H31NO. The minimum Gasteiger partial charge on any atom is -0.396 e. The Morgan fingerprint density at radius 2 is 1.88 bits per heavy atom. The SMILES string of the molecule is CCCC[C@H]1CCN[C@@H](CCCO)[C@@H]1CCC. The van der Waals surface area contributed by atoms with E-state index < -0.39 is 0 Å². The molecule has 0 bridgehead atoms. The van der Waals surface area contributed by atoms with Crippen molar-refractivity contribution in [3.8, 4) is 0 Å². The van der Waals surface area contributed by atoms with Gasteiger partial charge in [-0.15, -0.1) is 0 Å². The van der Waals surface area contributed by atoms with Crippen molar-refractivity contribution in [3.05, 3.63) is 0 Å². The molecule has 2 nitrogen and oxygen atoms in total. The Morgan fingerprint density at radius 3 is 2.53 bits per heavy atom. The van der Waals surface area contributed by atoms with Gasteiger partial charge in [-0.05, 0) is 44.1 Å². The van der Waals surface area contributed by atoms with E-state index in [2.05, 4.69) is 19.2 Å². The van der Waals surface area contributed by atoms with Gasteiger partial charge in [-0.1, -0.05) is 39.5 Å². The van der Waals surface area contributed by atoms with Gasteiger partial charge in [0.25, 0.3) is 0 Å². The maximum absolute atomic E-state index is 8.99. The van der Waals surface area contributed by atoms with Gasteiger partial charge in [-0.2, -0.15) is 0 Å². The maximum atomic E-state index is 8.99. The number of aliphatic hydroxyl groups is 1. The number of nitrogens with one attached hydrogen (secondary N) is 1. The smallest absolute Gasteiger partial charge is 0.0431 e. The fourth-order valence-corrected chi connectivity index (χ4v) is 3.37. The fourth-order valence-electron chi connectivity index (χ4n) is 3.37. The molecule has 2 heteroatoms. The van der Waals surface area contributed by atoms with Crippen molar-refractivity contribution in [1.82, 2.24) is 5.32 Å². The van der Waals surface area contributed by atoms with Gasteiger partial charge < -0.3 is 10.4 Å². The van der Waals surface area contributed by atoms with Gasteiger partial charge >= 0.3 is 0 Å². The second-order valence-corrected chi connectivity index (χ2v) is 5.57. The first kappa shape index (κ1) is 15.0. The monoisotopic (exact) mass is 241 g/mol. The molecule has 0 amide bonds. The molecule has 0 aliphatic carbocycles. The molecular weight excluding hydrogens is 210 g/mol. The van der Waals surface area contributed by atoms with Crippen LogP contribution in [0.3, 0.4) is 0 Å². The van der Waals surface area contributed by atoms with Crippen LogP contribution in [0.4, 0.5) is 0 Å². The molecule has 1 rings (SSSR count). The highest BCUT2D eigenvalue weighted by atomic mass is 16.2. The van der Waals surface area contributed by atoms with Crippen LogP contribution in [-0.2, 0) is 0 Å². The lowest BCUT2D eigenvalue weighted by Gasteiger charge is -2.39. The predicted molar refractivity (Wildman–Crippen MR) is 74.1 cm³/mol. The van der Waals surface area contributed by atoms with Crippen LogP contribution in [0.15, 0.2) is 0 Å². The Morgan fingerprint density at radius 1 is 1.06 bits per heavy atom. The van der Waals surface area contributed by atoms with Crippen molar-refractivity contribution in [2.75, 3.05) is 13.2 Å². The van der Waals surface area contributed by atoms with Gasteiger partial charge in [0.05, 0.1) is 0 Å². The number of piperidine rings is 1. The van der Waals surface area contributed by atoms with E-state index in [1.165, 1.54) is 45.1 Å². The zero-order valence-corrected chi connectivity index (χ0v) is 11.8. The summed E-state index contributed by atoms with van der Waals surface area (Å²) in [7, 11) is 0. The lowest BCUT2D eigenvalue weighted by Crippen LogP contribution is -2.46. The molecule has 0 aromatic rings. The highest BCUT2D eigenvalue weighted by Crippen LogP contribution is 2.33. The molecule has 1 fully saturated rings. The average Bonchev–Trinajstić information content (AvgIpc) is 2.36. The molecule has 1 heterocycles. The topological polar surface area (TPSA) is 32.3 Å². The van der Waals surface area contributed by atoms with Crippen molar-refractivity contribution < 1.29 is 5.11 Å². The van der Waals surface area contributed by atoms with Gasteiger partial charge in [-0.3, -0.25) is 0 Å². The molecule has 1 aliphatic rings. The summed E-state index contributed by atoms with van der Waals surface area (Å²) in [6, 6.07) is 0.665. The van der Waals surface area contributed by atoms with E-state index in [4.69, 9.17) is 5.11 Å². The third-order valence-electron chi connectivity index (χ3n) is 4.27. The first-order chi connectivity index (χ1) is 8.33. The minimum absolute atomic E-state index is 0.344. The van der Waals surface area contributed by atoms with Crippen LogP contribution in [0.1, 0.15) is 65.2 Å². The summed E-state index contributed by atoms with van der Waals surface area (Å²) in [6.07, 6.45) is 10.3. The Labute approximate surface area is 107 Å². The van der Waals surface area contributed by atoms with Crippen LogP contribution in [0.5, 0.6) is 0 Å². The quantitative estimate of drug-likeness (QED) is 0.683. The van der Waals surface area contributed by atoms with E-state index >= 15 is 0 Å². The van der Waals surface area contributed by atoms with Crippen molar-refractivity contribution in [2.45, 2.75) is 71.3 Å². The number of aliphatic hydroxyl groups excluding tert-OH is 1. The van der Waals surface area contributed by atoms with Crippen LogP contribution < -0.4 is 5.32 Å². The summed E-state index contributed by atoms with van der Waals surface area (Å²) >= 11 is 0. The van der Waals surface area contributed by atoms with Gasteiger partial charge in [-0.25, -0.2) is 0 Å². The number of hydrogen-bond acceptors (Lipinski definition) is 2. The predicted octanol–water partition coefficient (Wildman–Crippen LogP) is 3.34. The van der Waals surface area contributed by atoms with Gasteiger partial charge in [0.15, 0.2) is 0 Å². The molecule has 0 unspecified atom stereocenters. The van der Waals surface area contributed by atoms with E-state index in [0.717, 1.165) is 24.7 Å². The molecule has 0 radical (unpaired) electrons. The normalized spacial score (nSPS) is 29.5. The highest BCUT2D eigenvalue weighted by molar-refractivity contribution is 4.86. The minimum atomic E-state index is 0.344.